The molecule has 4 heterocycles. The minimum absolute atomic E-state index is 0.0888. The fourth-order valence-corrected chi connectivity index (χ4v) is 6.72. The van der Waals surface area contributed by atoms with Gasteiger partial charge in [0, 0.05) is 42.8 Å². The van der Waals surface area contributed by atoms with E-state index >= 15 is 0 Å². The van der Waals surface area contributed by atoms with E-state index in [-0.39, 0.29) is 19.0 Å². The zero-order valence-electron chi connectivity index (χ0n) is 25.8. The van der Waals surface area contributed by atoms with Crippen molar-refractivity contribution in [3.8, 4) is 12.1 Å². The molecule has 3 fully saturated rings. The summed E-state index contributed by atoms with van der Waals surface area (Å²) in [7, 11) is 1.54. The number of aromatic nitrogens is 2. The highest BCUT2D eigenvalue weighted by Crippen LogP contribution is 2.30. The van der Waals surface area contributed by atoms with Gasteiger partial charge < -0.3 is 14.5 Å². The number of hydrogen-bond acceptors (Lipinski definition) is 7. The number of alkyl halides is 1. The zero-order chi connectivity index (χ0) is 31.6. The van der Waals surface area contributed by atoms with Gasteiger partial charge in [-0.2, -0.15) is 15.2 Å². The molecule has 0 spiro atoms. The van der Waals surface area contributed by atoms with Crippen LogP contribution in [0.3, 0.4) is 0 Å². The molecule has 3 saturated heterocycles. The van der Waals surface area contributed by atoms with Gasteiger partial charge in [-0.05, 0) is 63.1 Å². The molecule has 1 amide bonds. The first-order chi connectivity index (χ1) is 21.2. The average molecular weight is 629 g/mol. The molecule has 0 bridgehead atoms. The van der Waals surface area contributed by atoms with Crippen molar-refractivity contribution >= 4 is 23.3 Å². The number of ether oxygens (including phenoxy) is 1. The van der Waals surface area contributed by atoms with Gasteiger partial charge in [0.05, 0.1) is 31.3 Å². The lowest BCUT2D eigenvalue weighted by atomic mass is 10.0. The number of aryl methyl sites for hydroxylation is 2. The highest BCUT2D eigenvalue weighted by atomic mass is 35.5. The molecule has 1 aromatic heterocycles. The number of nitriles is 1. The molecule has 0 radical (unpaired) electrons. The molecule has 3 aliphatic rings. The molecular formula is C33H43ClF2N6O2. The number of halogens is 3. The fraction of sp³-hybridized carbons (Fsp3) is 0.576. The predicted molar refractivity (Wildman–Crippen MR) is 168 cm³/mol. The molecule has 5 rings (SSSR count). The fourth-order valence-electron chi connectivity index (χ4n) is 6.49. The molecule has 11 heteroatoms. The highest BCUT2D eigenvalue weighted by Gasteiger charge is 2.35. The van der Waals surface area contributed by atoms with E-state index in [9.17, 15) is 18.8 Å². The zero-order valence-corrected chi connectivity index (χ0v) is 26.5. The van der Waals surface area contributed by atoms with Gasteiger partial charge in [-0.1, -0.05) is 49.7 Å². The van der Waals surface area contributed by atoms with E-state index in [1.807, 2.05) is 24.3 Å². The number of hydrogen-bond donors (Lipinski definition) is 0. The lowest BCUT2D eigenvalue weighted by Crippen LogP contribution is -2.55. The molecular weight excluding hydrogens is 586 g/mol. The number of piperazine rings is 1. The summed E-state index contributed by atoms with van der Waals surface area (Å²) in [6.45, 7) is 8.18. The van der Waals surface area contributed by atoms with Crippen LogP contribution in [0.2, 0.25) is 5.02 Å². The maximum absolute atomic E-state index is 13.6. The second-order valence-corrected chi connectivity index (χ2v) is 12.1. The van der Waals surface area contributed by atoms with Gasteiger partial charge in [0.25, 0.3) is 5.91 Å². The molecule has 3 atom stereocenters. The summed E-state index contributed by atoms with van der Waals surface area (Å²) in [5, 5.41) is 10.1. The molecule has 3 unspecified atom stereocenters. The van der Waals surface area contributed by atoms with Crippen LogP contribution < -0.4 is 9.64 Å². The Balaban J connectivity index is 0.000000413. The standard InChI is InChI=1S/C26H31ClFN5O2.C7H12FN/c1-4-8-21-23(12-7-10-19-9-5-6-11-22(19)27)30-26(35-3)31-24(21)32-15-16-33(25(34)18(2)28)20(17-32)13-14-29;8-6-4-7-2-1-3-9(7)5-6/h5-6,9,11,20H,2,4,7-8,10,12-13,15-17H2,1,3H3;6-7H,1-5H2. The SMILES string of the molecule is C=C(F)C(=O)N1CCN(c2nc(OC)nc(CCCc3ccccc3Cl)c2CCC)CC1CC#N.FC1CC2CCCN2C1. The Morgan fingerprint density at radius 2 is 1.98 bits per heavy atom. The number of benzene rings is 1. The van der Waals surface area contributed by atoms with Gasteiger partial charge in [0.2, 0.25) is 0 Å². The minimum atomic E-state index is -1.02. The summed E-state index contributed by atoms with van der Waals surface area (Å²) < 4.78 is 31.6. The highest BCUT2D eigenvalue weighted by molar-refractivity contribution is 6.31. The number of amides is 1. The number of carbonyl (C=O) groups excluding carboxylic acids is 1. The number of fused-ring (bicyclic) bond motifs is 1. The van der Waals surface area contributed by atoms with Crippen LogP contribution in [0.25, 0.3) is 0 Å². The van der Waals surface area contributed by atoms with Crippen molar-refractivity contribution < 1.29 is 18.3 Å². The Hall–Kier alpha value is -3.29. The molecule has 3 aliphatic heterocycles. The largest absolute Gasteiger partial charge is 0.467 e. The quantitative estimate of drug-likeness (QED) is 0.304. The van der Waals surface area contributed by atoms with E-state index < -0.39 is 23.9 Å². The Morgan fingerprint density at radius 3 is 2.66 bits per heavy atom. The second kappa shape index (κ2) is 16.1. The molecule has 1 aromatic carbocycles. The van der Waals surface area contributed by atoms with Gasteiger partial charge in [-0.3, -0.25) is 9.69 Å². The van der Waals surface area contributed by atoms with E-state index in [1.165, 1.54) is 24.9 Å². The number of carbonyl (C=O) groups is 1. The molecule has 2 aromatic rings. The summed E-state index contributed by atoms with van der Waals surface area (Å²) >= 11 is 6.32. The third-order valence-electron chi connectivity index (χ3n) is 8.61. The third-order valence-corrected chi connectivity index (χ3v) is 8.98. The first kappa shape index (κ1) is 33.6. The van der Waals surface area contributed by atoms with Crippen LogP contribution in [-0.4, -0.2) is 83.8 Å². The van der Waals surface area contributed by atoms with Crippen molar-refractivity contribution in [1.82, 2.24) is 19.8 Å². The molecule has 8 nitrogen and oxygen atoms in total. The molecule has 0 N–H and O–H groups in total. The van der Waals surface area contributed by atoms with Crippen molar-refractivity contribution in [2.75, 3.05) is 44.7 Å². The summed E-state index contributed by atoms with van der Waals surface area (Å²) in [6.07, 6.45) is 7.00. The van der Waals surface area contributed by atoms with Gasteiger partial charge >= 0.3 is 6.01 Å². The Kier molecular flexibility index (Phi) is 12.3. The van der Waals surface area contributed by atoms with Crippen molar-refractivity contribution in [1.29, 1.82) is 5.26 Å². The van der Waals surface area contributed by atoms with Gasteiger partial charge in [0.1, 0.15) is 12.0 Å². The molecule has 238 valence electrons. The van der Waals surface area contributed by atoms with Crippen molar-refractivity contribution in [3.63, 3.8) is 0 Å². The lowest BCUT2D eigenvalue weighted by Gasteiger charge is -2.41. The topological polar surface area (TPSA) is 85.6 Å². The van der Waals surface area contributed by atoms with Crippen LogP contribution in [0.5, 0.6) is 6.01 Å². The number of nitrogens with zero attached hydrogens (tertiary/aromatic N) is 6. The first-order valence-electron chi connectivity index (χ1n) is 15.6. The van der Waals surface area contributed by atoms with E-state index in [2.05, 4.69) is 39.3 Å². The summed E-state index contributed by atoms with van der Waals surface area (Å²) in [6, 6.07) is 10.4. The average Bonchev–Trinajstić information content (AvgIpc) is 3.60. The molecule has 44 heavy (non-hydrogen) atoms. The van der Waals surface area contributed by atoms with E-state index in [0.717, 1.165) is 72.7 Å². The summed E-state index contributed by atoms with van der Waals surface area (Å²) in [5.74, 6) is -1.03. The van der Waals surface area contributed by atoms with E-state index in [0.29, 0.717) is 25.7 Å². The Labute approximate surface area is 264 Å². The van der Waals surface area contributed by atoms with Gasteiger partial charge in [-0.15, -0.1) is 0 Å². The number of anilines is 1. The summed E-state index contributed by atoms with van der Waals surface area (Å²) in [4.78, 5) is 27.3. The molecule has 0 saturated carbocycles. The smallest absolute Gasteiger partial charge is 0.318 e. The molecule has 0 aliphatic carbocycles. The first-order valence-corrected chi connectivity index (χ1v) is 16.0. The Bertz CT molecular complexity index is 1330. The van der Waals surface area contributed by atoms with Crippen molar-refractivity contribution in [2.45, 2.75) is 83.0 Å². The van der Waals surface area contributed by atoms with Crippen LogP contribution in [0.4, 0.5) is 14.6 Å². The van der Waals surface area contributed by atoms with Crippen LogP contribution in [0, 0.1) is 11.3 Å². The maximum Gasteiger partial charge on any atom is 0.318 e. The van der Waals surface area contributed by atoms with E-state index in [4.69, 9.17) is 16.3 Å². The lowest BCUT2D eigenvalue weighted by molar-refractivity contribution is -0.131. The summed E-state index contributed by atoms with van der Waals surface area (Å²) in [5.41, 5.74) is 3.06. The van der Waals surface area contributed by atoms with Crippen LogP contribution in [-0.2, 0) is 24.1 Å². The van der Waals surface area contributed by atoms with Crippen molar-refractivity contribution in [3.05, 3.63) is 58.5 Å². The normalized spacial score (nSPS) is 21.3. The Morgan fingerprint density at radius 1 is 1.18 bits per heavy atom. The van der Waals surface area contributed by atoms with Gasteiger partial charge in [-0.25, -0.2) is 8.78 Å². The van der Waals surface area contributed by atoms with Crippen LogP contribution in [0.15, 0.2) is 36.7 Å². The predicted octanol–water partition coefficient (Wildman–Crippen LogP) is 5.87. The van der Waals surface area contributed by atoms with Crippen LogP contribution >= 0.6 is 11.6 Å². The number of methoxy groups -OCH3 is 1. The van der Waals surface area contributed by atoms with Crippen LogP contribution in [0.1, 0.15) is 62.3 Å². The third kappa shape index (κ3) is 8.45. The number of rotatable bonds is 10. The maximum atomic E-state index is 13.6. The minimum Gasteiger partial charge on any atom is -0.467 e. The monoisotopic (exact) mass is 628 g/mol. The van der Waals surface area contributed by atoms with Gasteiger partial charge in [0.15, 0.2) is 5.83 Å². The second-order valence-electron chi connectivity index (χ2n) is 11.6. The van der Waals surface area contributed by atoms with Crippen molar-refractivity contribution in [2.24, 2.45) is 0 Å². The van der Waals surface area contributed by atoms with E-state index in [1.54, 1.807) is 0 Å².